The van der Waals surface area contributed by atoms with Crippen molar-refractivity contribution in [1.29, 1.82) is 0 Å². The molecule has 1 aliphatic rings. The molecule has 1 saturated heterocycles. The summed E-state index contributed by atoms with van der Waals surface area (Å²) in [5.74, 6) is 0. The summed E-state index contributed by atoms with van der Waals surface area (Å²) in [5, 5.41) is 4.56. The number of halogens is 1. The van der Waals surface area contributed by atoms with Gasteiger partial charge in [0.1, 0.15) is 5.01 Å². The van der Waals surface area contributed by atoms with Crippen molar-refractivity contribution in [3.8, 4) is 0 Å². The van der Waals surface area contributed by atoms with E-state index < -0.39 is 0 Å². The maximum absolute atomic E-state index is 4.79. The summed E-state index contributed by atoms with van der Waals surface area (Å²) in [4.78, 5) is 9.83. The second-order valence-electron chi connectivity index (χ2n) is 6.18. The highest BCUT2D eigenvalue weighted by molar-refractivity contribution is 9.09. The summed E-state index contributed by atoms with van der Waals surface area (Å²) in [6.07, 6.45) is 0. The summed E-state index contributed by atoms with van der Waals surface area (Å²) < 4.78 is 0. The van der Waals surface area contributed by atoms with Crippen molar-refractivity contribution < 1.29 is 0 Å². The van der Waals surface area contributed by atoms with Gasteiger partial charge in [-0.15, -0.1) is 11.3 Å². The van der Waals surface area contributed by atoms with Crippen LogP contribution in [-0.2, 0) is 12.0 Å². The van der Waals surface area contributed by atoms with Crippen LogP contribution in [0.2, 0.25) is 0 Å². The average Bonchev–Trinajstić information content (AvgIpc) is 2.80. The summed E-state index contributed by atoms with van der Waals surface area (Å²) >= 11 is 5.32. The predicted molar refractivity (Wildman–Crippen MR) is 86.3 cm³/mol. The number of nitrogens with zero attached hydrogens (tertiary/aromatic N) is 3. The second-order valence-corrected chi connectivity index (χ2v) is 7.92. The molecule has 3 nitrogen and oxygen atoms in total. The van der Waals surface area contributed by atoms with Gasteiger partial charge in [0.2, 0.25) is 0 Å². The maximum atomic E-state index is 4.79. The number of aromatic nitrogens is 1. The lowest BCUT2D eigenvalue weighted by atomic mass is 9.93. The van der Waals surface area contributed by atoms with Crippen LogP contribution in [0.4, 0.5) is 0 Å². The molecule has 5 heteroatoms. The third kappa shape index (κ3) is 4.52. The molecule has 0 saturated carbocycles. The van der Waals surface area contributed by atoms with Crippen LogP contribution in [0.3, 0.4) is 0 Å². The average molecular weight is 346 g/mol. The molecule has 1 aromatic rings. The van der Waals surface area contributed by atoms with Crippen LogP contribution in [-0.4, -0.2) is 52.8 Å². The minimum atomic E-state index is 0.170. The van der Waals surface area contributed by atoms with Crippen molar-refractivity contribution in [2.24, 2.45) is 0 Å². The number of thiazole rings is 1. The smallest absolute Gasteiger partial charge is 0.107 e. The van der Waals surface area contributed by atoms with Gasteiger partial charge in [0.25, 0.3) is 0 Å². The largest absolute Gasteiger partial charge is 0.300 e. The first-order valence-corrected chi connectivity index (χ1v) is 8.95. The predicted octanol–water partition coefficient (Wildman–Crippen LogP) is 2.95. The molecule has 2 rings (SSSR count). The molecule has 19 heavy (non-hydrogen) atoms. The van der Waals surface area contributed by atoms with Crippen molar-refractivity contribution in [2.75, 3.05) is 38.1 Å². The van der Waals surface area contributed by atoms with E-state index in [1.54, 1.807) is 0 Å². The quantitative estimate of drug-likeness (QED) is 0.782. The third-order valence-corrected chi connectivity index (χ3v) is 4.73. The van der Waals surface area contributed by atoms with Crippen LogP contribution in [0.15, 0.2) is 5.38 Å². The SMILES string of the molecule is CC(C)(C)c1csc(CN2CCN(CCBr)CC2)n1. The number of hydrogen-bond donors (Lipinski definition) is 0. The lowest BCUT2D eigenvalue weighted by molar-refractivity contribution is 0.133. The highest BCUT2D eigenvalue weighted by Gasteiger charge is 2.20. The molecule has 1 fully saturated rings. The van der Waals surface area contributed by atoms with Gasteiger partial charge in [0.15, 0.2) is 0 Å². The minimum Gasteiger partial charge on any atom is -0.300 e. The van der Waals surface area contributed by atoms with Gasteiger partial charge in [-0.3, -0.25) is 9.80 Å². The molecular weight excluding hydrogens is 322 g/mol. The molecule has 0 spiro atoms. The van der Waals surface area contributed by atoms with Gasteiger partial charge < -0.3 is 0 Å². The molecule has 2 heterocycles. The zero-order valence-corrected chi connectivity index (χ0v) is 14.6. The molecule has 0 bridgehead atoms. The van der Waals surface area contributed by atoms with Crippen LogP contribution in [0.5, 0.6) is 0 Å². The summed E-state index contributed by atoms with van der Waals surface area (Å²) in [6.45, 7) is 13.6. The normalized spacial score (nSPS) is 18.9. The Morgan fingerprint density at radius 3 is 2.37 bits per heavy atom. The van der Waals surface area contributed by atoms with Crippen molar-refractivity contribution in [3.63, 3.8) is 0 Å². The van der Waals surface area contributed by atoms with E-state index in [4.69, 9.17) is 4.98 Å². The van der Waals surface area contributed by atoms with Gasteiger partial charge in [0.05, 0.1) is 12.2 Å². The van der Waals surface area contributed by atoms with E-state index in [1.165, 1.54) is 30.3 Å². The molecule has 0 unspecified atom stereocenters. The molecule has 0 aliphatic carbocycles. The zero-order chi connectivity index (χ0) is 13.9. The number of rotatable bonds is 4. The summed E-state index contributed by atoms with van der Waals surface area (Å²) in [7, 11) is 0. The number of hydrogen-bond acceptors (Lipinski definition) is 4. The molecule has 0 amide bonds. The van der Waals surface area contributed by atoms with Crippen molar-refractivity contribution in [3.05, 3.63) is 16.1 Å². The fraction of sp³-hybridized carbons (Fsp3) is 0.786. The Bertz CT molecular complexity index is 392. The second kappa shape index (κ2) is 6.66. The Balaban J connectivity index is 1.84. The first kappa shape index (κ1) is 15.4. The maximum Gasteiger partial charge on any atom is 0.107 e. The number of alkyl halides is 1. The van der Waals surface area contributed by atoms with Gasteiger partial charge in [0, 0.05) is 48.8 Å². The fourth-order valence-corrected chi connectivity index (χ4v) is 3.77. The van der Waals surface area contributed by atoms with Gasteiger partial charge in [-0.25, -0.2) is 4.98 Å². The monoisotopic (exact) mass is 345 g/mol. The van der Waals surface area contributed by atoms with Crippen LogP contribution in [0, 0.1) is 0 Å². The molecule has 1 aliphatic heterocycles. The summed E-state index contributed by atoms with van der Waals surface area (Å²) in [5.41, 5.74) is 1.40. The molecule has 1 aromatic heterocycles. The Morgan fingerprint density at radius 2 is 1.84 bits per heavy atom. The van der Waals surface area contributed by atoms with E-state index in [-0.39, 0.29) is 5.41 Å². The molecule has 108 valence electrons. The Hall–Kier alpha value is 0.0300. The standard InChI is InChI=1S/C14H24BrN3S/c1-14(2,3)12-11-19-13(16-12)10-18-8-6-17(5-4-15)7-9-18/h11H,4-10H2,1-3H3. The lowest BCUT2D eigenvalue weighted by Gasteiger charge is -2.33. The molecule has 0 radical (unpaired) electrons. The molecule has 0 N–H and O–H groups in total. The van der Waals surface area contributed by atoms with Crippen LogP contribution in [0.1, 0.15) is 31.5 Å². The number of piperazine rings is 1. The lowest BCUT2D eigenvalue weighted by Crippen LogP contribution is -2.46. The Kier molecular flexibility index (Phi) is 5.40. The highest BCUT2D eigenvalue weighted by Crippen LogP contribution is 2.24. The molecule has 0 atom stereocenters. The van der Waals surface area contributed by atoms with E-state index in [0.29, 0.717) is 0 Å². The first-order chi connectivity index (χ1) is 8.99. The molecule has 0 aromatic carbocycles. The van der Waals surface area contributed by atoms with Crippen LogP contribution in [0.25, 0.3) is 0 Å². The van der Waals surface area contributed by atoms with Gasteiger partial charge in [-0.1, -0.05) is 36.7 Å². The fourth-order valence-electron chi connectivity index (χ4n) is 2.21. The van der Waals surface area contributed by atoms with E-state index in [0.717, 1.165) is 25.0 Å². The Labute approximate surface area is 129 Å². The minimum absolute atomic E-state index is 0.170. The van der Waals surface area contributed by atoms with Crippen molar-refractivity contribution in [2.45, 2.75) is 32.7 Å². The molecular formula is C14H24BrN3S. The van der Waals surface area contributed by atoms with Gasteiger partial charge >= 0.3 is 0 Å². The van der Waals surface area contributed by atoms with Gasteiger partial charge in [-0.2, -0.15) is 0 Å². The zero-order valence-electron chi connectivity index (χ0n) is 12.2. The van der Waals surface area contributed by atoms with E-state index in [2.05, 4.69) is 51.9 Å². The van der Waals surface area contributed by atoms with E-state index >= 15 is 0 Å². The Morgan fingerprint density at radius 1 is 1.21 bits per heavy atom. The van der Waals surface area contributed by atoms with Gasteiger partial charge in [-0.05, 0) is 0 Å². The van der Waals surface area contributed by atoms with Crippen LogP contribution < -0.4 is 0 Å². The van der Waals surface area contributed by atoms with Crippen molar-refractivity contribution in [1.82, 2.24) is 14.8 Å². The third-order valence-electron chi connectivity index (χ3n) is 3.54. The van der Waals surface area contributed by atoms with Crippen LogP contribution >= 0.6 is 27.3 Å². The highest BCUT2D eigenvalue weighted by atomic mass is 79.9. The first-order valence-electron chi connectivity index (χ1n) is 6.94. The van der Waals surface area contributed by atoms with Crippen molar-refractivity contribution >= 4 is 27.3 Å². The topological polar surface area (TPSA) is 19.4 Å². The van der Waals surface area contributed by atoms with E-state index in [9.17, 15) is 0 Å². The summed E-state index contributed by atoms with van der Waals surface area (Å²) in [6, 6.07) is 0. The van der Waals surface area contributed by atoms with E-state index in [1.807, 2.05) is 11.3 Å².